The third kappa shape index (κ3) is 3.21. The normalized spacial score (nSPS) is 12.3. The maximum atomic E-state index is 13.6. The molecule has 15 heavy (non-hydrogen) atoms. The van der Waals surface area contributed by atoms with Crippen LogP contribution in [-0.2, 0) is 0 Å². The maximum absolute atomic E-state index is 13.6. The minimum Gasteiger partial charge on any atom is -0.211 e. The Morgan fingerprint density at radius 2 is 1.80 bits per heavy atom. The van der Waals surface area contributed by atoms with Crippen molar-refractivity contribution in [2.75, 3.05) is 0 Å². The molecule has 0 heterocycles. The molecule has 0 saturated heterocycles. The van der Waals surface area contributed by atoms with E-state index >= 15 is 0 Å². The van der Waals surface area contributed by atoms with Crippen molar-refractivity contribution in [2.45, 2.75) is 20.8 Å². The van der Waals surface area contributed by atoms with Gasteiger partial charge in [0.1, 0.15) is 5.83 Å². The lowest BCUT2D eigenvalue weighted by Gasteiger charge is -2.15. The molecule has 0 radical (unpaired) electrons. The summed E-state index contributed by atoms with van der Waals surface area (Å²) < 4.78 is 13.6. The van der Waals surface area contributed by atoms with Crippen LogP contribution in [0.4, 0.5) is 4.39 Å². The van der Waals surface area contributed by atoms with Crippen molar-refractivity contribution in [3.8, 4) is 6.07 Å². The van der Waals surface area contributed by atoms with Gasteiger partial charge in [-0.25, -0.2) is 4.39 Å². The van der Waals surface area contributed by atoms with E-state index in [1.165, 1.54) is 6.08 Å². The van der Waals surface area contributed by atoms with Gasteiger partial charge >= 0.3 is 0 Å². The van der Waals surface area contributed by atoms with Crippen molar-refractivity contribution in [1.82, 2.24) is 0 Å². The number of nitrogens with zero attached hydrogens (tertiary/aromatic N) is 1. The lowest BCUT2D eigenvalue weighted by molar-refractivity contribution is 0.389. The van der Waals surface area contributed by atoms with Crippen LogP contribution in [0.15, 0.2) is 30.1 Å². The fraction of sp³-hybridized carbons (Fsp3) is 0.308. The molecule has 0 aliphatic carbocycles. The largest absolute Gasteiger partial charge is 0.211 e. The van der Waals surface area contributed by atoms with Gasteiger partial charge in [-0.05, 0) is 23.8 Å². The van der Waals surface area contributed by atoms with E-state index in [1.54, 1.807) is 24.3 Å². The van der Waals surface area contributed by atoms with Gasteiger partial charge in [0.2, 0.25) is 0 Å². The molecule has 1 aromatic rings. The minimum atomic E-state index is -0.464. The van der Waals surface area contributed by atoms with Gasteiger partial charge in [-0.3, -0.25) is 0 Å². The second-order valence-corrected chi connectivity index (χ2v) is 4.48. The van der Waals surface area contributed by atoms with Crippen molar-refractivity contribution in [1.29, 1.82) is 5.26 Å². The number of halogens is 1. The third-order valence-corrected chi connectivity index (χ3v) is 2.05. The van der Waals surface area contributed by atoms with Crippen LogP contribution >= 0.6 is 0 Å². The Labute approximate surface area is 89.9 Å². The van der Waals surface area contributed by atoms with Crippen molar-refractivity contribution >= 4 is 6.08 Å². The first-order chi connectivity index (χ1) is 6.93. The molecule has 78 valence electrons. The van der Waals surface area contributed by atoms with E-state index in [0.717, 1.165) is 5.56 Å². The van der Waals surface area contributed by atoms with Gasteiger partial charge in [-0.15, -0.1) is 0 Å². The third-order valence-electron chi connectivity index (χ3n) is 2.05. The molecule has 1 rings (SSSR count). The molecular formula is C13H14FN. The van der Waals surface area contributed by atoms with Crippen molar-refractivity contribution < 1.29 is 4.39 Å². The molecule has 0 spiro atoms. The van der Waals surface area contributed by atoms with Crippen LogP contribution in [0.5, 0.6) is 0 Å². The first kappa shape index (κ1) is 11.5. The Balaban J connectivity index is 2.96. The van der Waals surface area contributed by atoms with E-state index in [1.807, 2.05) is 26.8 Å². The molecule has 1 nitrogen and oxygen atoms in total. The molecular weight excluding hydrogens is 189 g/mol. The van der Waals surface area contributed by atoms with Gasteiger partial charge in [0.15, 0.2) is 0 Å². The number of benzene rings is 1. The summed E-state index contributed by atoms with van der Waals surface area (Å²) >= 11 is 0. The zero-order valence-electron chi connectivity index (χ0n) is 9.21. The molecule has 0 fully saturated rings. The number of allylic oxidation sites excluding steroid dienone is 1. The monoisotopic (exact) mass is 203 g/mol. The molecule has 0 amide bonds. The van der Waals surface area contributed by atoms with Gasteiger partial charge < -0.3 is 0 Å². The van der Waals surface area contributed by atoms with Gasteiger partial charge in [0, 0.05) is 5.41 Å². The molecule has 0 unspecified atom stereocenters. The predicted molar refractivity (Wildman–Crippen MR) is 59.7 cm³/mol. The zero-order chi connectivity index (χ0) is 11.5. The fourth-order valence-electron chi connectivity index (χ4n) is 1.02. The summed E-state index contributed by atoms with van der Waals surface area (Å²) in [4.78, 5) is 0. The molecule has 0 bridgehead atoms. The number of nitriles is 1. The standard InChI is InChI=1S/C13H14FN/c1-13(2,3)12(14)8-10-4-6-11(9-15)7-5-10/h4-8H,1-3H3/b12-8-. The van der Waals surface area contributed by atoms with Crippen molar-refractivity contribution in [2.24, 2.45) is 5.41 Å². The number of hydrogen-bond donors (Lipinski definition) is 0. The zero-order valence-corrected chi connectivity index (χ0v) is 9.21. The molecule has 1 aromatic carbocycles. The molecule has 0 aliphatic heterocycles. The Bertz CT molecular complexity index is 402. The highest BCUT2D eigenvalue weighted by Crippen LogP contribution is 2.27. The Hall–Kier alpha value is -1.62. The van der Waals surface area contributed by atoms with Crippen LogP contribution in [0.2, 0.25) is 0 Å². The topological polar surface area (TPSA) is 23.8 Å². The highest BCUT2D eigenvalue weighted by atomic mass is 19.1. The van der Waals surface area contributed by atoms with E-state index in [9.17, 15) is 4.39 Å². The SMILES string of the molecule is CC(C)(C)/C(F)=C/c1ccc(C#N)cc1. The highest BCUT2D eigenvalue weighted by molar-refractivity contribution is 5.53. The molecule has 0 saturated carbocycles. The van der Waals surface area contributed by atoms with Crippen molar-refractivity contribution in [3.05, 3.63) is 41.2 Å². The quantitative estimate of drug-likeness (QED) is 0.678. The Morgan fingerprint density at radius 3 is 2.20 bits per heavy atom. The maximum Gasteiger partial charge on any atom is 0.106 e. The van der Waals surface area contributed by atoms with Gasteiger partial charge in [0.05, 0.1) is 11.6 Å². The summed E-state index contributed by atoms with van der Waals surface area (Å²) in [5, 5.41) is 8.60. The molecule has 0 N–H and O–H groups in total. The van der Waals surface area contributed by atoms with Crippen LogP contribution in [0.25, 0.3) is 6.08 Å². The van der Waals surface area contributed by atoms with E-state index in [-0.39, 0.29) is 5.83 Å². The molecule has 0 aliphatic rings. The first-order valence-corrected chi connectivity index (χ1v) is 4.81. The summed E-state index contributed by atoms with van der Waals surface area (Å²) in [6.45, 7) is 5.47. The van der Waals surface area contributed by atoms with Crippen LogP contribution < -0.4 is 0 Å². The first-order valence-electron chi connectivity index (χ1n) is 4.81. The van der Waals surface area contributed by atoms with Crippen molar-refractivity contribution in [3.63, 3.8) is 0 Å². The predicted octanol–water partition coefficient (Wildman–Crippen LogP) is 3.91. The highest BCUT2D eigenvalue weighted by Gasteiger charge is 2.16. The number of rotatable bonds is 1. The summed E-state index contributed by atoms with van der Waals surface area (Å²) in [7, 11) is 0. The molecule has 2 heteroatoms. The van der Waals surface area contributed by atoms with Gasteiger partial charge in [0.25, 0.3) is 0 Å². The Kier molecular flexibility index (Phi) is 3.26. The smallest absolute Gasteiger partial charge is 0.106 e. The van der Waals surface area contributed by atoms with E-state index in [2.05, 4.69) is 0 Å². The summed E-state index contributed by atoms with van der Waals surface area (Å²) in [6, 6.07) is 8.87. The van der Waals surface area contributed by atoms with E-state index in [0.29, 0.717) is 5.56 Å². The Morgan fingerprint density at radius 1 is 1.27 bits per heavy atom. The molecule has 0 aromatic heterocycles. The summed E-state index contributed by atoms with van der Waals surface area (Å²) in [5.74, 6) is -0.160. The van der Waals surface area contributed by atoms with Gasteiger partial charge in [-0.1, -0.05) is 32.9 Å². The minimum absolute atomic E-state index is 0.160. The second kappa shape index (κ2) is 4.27. The lowest BCUT2D eigenvalue weighted by atomic mass is 9.93. The van der Waals surface area contributed by atoms with Crippen LogP contribution in [0.3, 0.4) is 0 Å². The van der Waals surface area contributed by atoms with E-state index < -0.39 is 5.41 Å². The fourth-order valence-corrected chi connectivity index (χ4v) is 1.02. The average Bonchev–Trinajstić information content (AvgIpc) is 2.17. The molecule has 0 atom stereocenters. The van der Waals surface area contributed by atoms with Crippen LogP contribution in [-0.4, -0.2) is 0 Å². The van der Waals surface area contributed by atoms with E-state index in [4.69, 9.17) is 5.26 Å². The van der Waals surface area contributed by atoms with Crippen LogP contribution in [0, 0.1) is 16.7 Å². The number of hydrogen-bond acceptors (Lipinski definition) is 1. The van der Waals surface area contributed by atoms with Crippen LogP contribution in [0.1, 0.15) is 31.9 Å². The summed E-state index contributed by atoms with van der Waals surface area (Å²) in [5.41, 5.74) is 0.901. The second-order valence-electron chi connectivity index (χ2n) is 4.48. The summed E-state index contributed by atoms with van der Waals surface area (Å²) in [6.07, 6.45) is 1.50. The average molecular weight is 203 g/mol. The van der Waals surface area contributed by atoms with Gasteiger partial charge in [-0.2, -0.15) is 5.26 Å². The lowest BCUT2D eigenvalue weighted by Crippen LogP contribution is -2.04.